The van der Waals surface area contributed by atoms with Crippen LogP contribution in [0.1, 0.15) is 74.8 Å². The number of amides is 1. The lowest BCUT2D eigenvalue weighted by Crippen LogP contribution is -2.65. The highest BCUT2D eigenvalue weighted by Crippen LogP contribution is 2.53. The Hall–Kier alpha value is -1.18. The molecule has 8 heteroatoms. The maximum atomic E-state index is 12.8. The standard InChI is InChI=1S/C19H31N5O2.ClH/c1-2-26-17-12-16(19(17)8-4-3-5-9-19)21-18(25)15-13-24(23-22-15)14-6-10-20-11-7-14;/h13-14,16-17,20H,2-12H2,1H3,(H,21,25);1H. The maximum Gasteiger partial charge on any atom is 0.273 e. The Morgan fingerprint density at radius 2 is 2.07 bits per heavy atom. The van der Waals surface area contributed by atoms with Crippen molar-refractivity contribution in [3.8, 4) is 0 Å². The average Bonchev–Trinajstić information content (AvgIpc) is 3.19. The van der Waals surface area contributed by atoms with Gasteiger partial charge in [0.15, 0.2) is 5.69 Å². The average molecular weight is 398 g/mol. The zero-order valence-electron chi connectivity index (χ0n) is 16.2. The van der Waals surface area contributed by atoms with Crippen molar-refractivity contribution in [1.82, 2.24) is 25.6 Å². The number of aromatic nitrogens is 3. The van der Waals surface area contributed by atoms with Gasteiger partial charge in [0, 0.05) is 18.1 Å². The summed E-state index contributed by atoms with van der Waals surface area (Å²) in [6.45, 7) is 4.80. The minimum atomic E-state index is -0.0879. The molecule has 1 amide bonds. The van der Waals surface area contributed by atoms with E-state index in [1.807, 2.05) is 10.9 Å². The van der Waals surface area contributed by atoms with Crippen molar-refractivity contribution in [3.63, 3.8) is 0 Å². The van der Waals surface area contributed by atoms with Gasteiger partial charge >= 0.3 is 0 Å². The van der Waals surface area contributed by atoms with Crippen LogP contribution in [0, 0.1) is 5.41 Å². The fourth-order valence-corrected chi connectivity index (χ4v) is 5.13. The van der Waals surface area contributed by atoms with Crippen LogP contribution in [-0.4, -0.2) is 52.7 Å². The van der Waals surface area contributed by atoms with E-state index in [0.717, 1.165) is 51.8 Å². The van der Waals surface area contributed by atoms with Crippen molar-refractivity contribution in [2.75, 3.05) is 19.7 Å². The lowest BCUT2D eigenvalue weighted by molar-refractivity contribution is -0.146. The third kappa shape index (κ3) is 4.00. The molecule has 2 saturated carbocycles. The third-order valence-corrected chi connectivity index (χ3v) is 6.67. The van der Waals surface area contributed by atoms with Crippen LogP contribution in [0.15, 0.2) is 6.20 Å². The summed E-state index contributed by atoms with van der Waals surface area (Å²) in [6, 6.07) is 0.553. The SMILES string of the molecule is CCOC1CC(NC(=O)c2cn(C3CCNCC3)nn2)C12CCCCC2.Cl. The van der Waals surface area contributed by atoms with Crippen molar-refractivity contribution in [2.45, 2.75) is 76.5 Å². The van der Waals surface area contributed by atoms with Crippen LogP contribution in [0.3, 0.4) is 0 Å². The summed E-state index contributed by atoms with van der Waals surface area (Å²) in [7, 11) is 0. The minimum Gasteiger partial charge on any atom is -0.378 e. The summed E-state index contributed by atoms with van der Waals surface area (Å²) in [5, 5.41) is 15.0. The number of hydrogen-bond donors (Lipinski definition) is 2. The van der Waals surface area contributed by atoms with Crippen LogP contribution >= 0.6 is 12.4 Å². The quantitative estimate of drug-likeness (QED) is 0.797. The summed E-state index contributed by atoms with van der Waals surface area (Å²) in [5.74, 6) is -0.0879. The van der Waals surface area contributed by atoms with E-state index in [4.69, 9.17) is 4.74 Å². The number of hydrogen-bond acceptors (Lipinski definition) is 5. The Labute approximate surface area is 167 Å². The summed E-state index contributed by atoms with van der Waals surface area (Å²) in [5.41, 5.74) is 0.573. The molecule has 1 aromatic rings. The topological polar surface area (TPSA) is 81.1 Å². The van der Waals surface area contributed by atoms with E-state index >= 15 is 0 Å². The van der Waals surface area contributed by atoms with Crippen molar-refractivity contribution in [3.05, 3.63) is 11.9 Å². The van der Waals surface area contributed by atoms with Gasteiger partial charge in [-0.1, -0.05) is 24.5 Å². The fraction of sp³-hybridized carbons (Fsp3) is 0.842. The first kappa shape index (κ1) is 20.6. The Morgan fingerprint density at radius 3 is 2.78 bits per heavy atom. The monoisotopic (exact) mass is 397 g/mol. The molecule has 0 bridgehead atoms. The van der Waals surface area contributed by atoms with Crippen molar-refractivity contribution in [2.24, 2.45) is 5.41 Å². The van der Waals surface area contributed by atoms with Gasteiger partial charge in [-0.2, -0.15) is 0 Å². The number of carbonyl (C=O) groups is 1. The lowest BCUT2D eigenvalue weighted by Gasteiger charge is -2.57. The molecule has 1 spiro atoms. The summed E-state index contributed by atoms with van der Waals surface area (Å²) in [4.78, 5) is 12.8. The molecule has 4 rings (SSSR count). The lowest BCUT2D eigenvalue weighted by atomic mass is 9.55. The van der Waals surface area contributed by atoms with Crippen molar-refractivity contribution >= 4 is 18.3 Å². The Kier molecular flexibility index (Phi) is 6.76. The van der Waals surface area contributed by atoms with Gasteiger partial charge in [0.25, 0.3) is 5.91 Å². The van der Waals surface area contributed by atoms with E-state index in [2.05, 4.69) is 27.9 Å². The van der Waals surface area contributed by atoms with E-state index < -0.39 is 0 Å². The van der Waals surface area contributed by atoms with Gasteiger partial charge in [0.2, 0.25) is 0 Å². The highest BCUT2D eigenvalue weighted by molar-refractivity contribution is 5.92. The van der Waals surface area contributed by atoms with Gasteiger partial charge in [0.05, 0.1) is 18.3 Å². The van der Waals surface area contributed by atoms with Gasteiger partial charge in [-0.25, -0.2) is 4.68 Å². The predicted molar refractivity (Wildman–Crippen MR) is 105 cm³/mol. The van der Waals surface area contributed by atoms with Gasteiger partial charge in [-0.05, 0) is 52.1 Å². The number of rotatable bonds is 5. The summed E-state index contributed by atoms with van der Waals surface area (Å²) in [6.07, 6.45) is 11.2. The molecule has 1 aliphatic heterocycles. The molecule has 1 saturated heterocycles. The third-order valence-electron chi connectivity index (χ3n) is 6.67. The van der Waals surface area contributed by atoms with Crippen LogP contribution in [0.4, 0.5) is 0 Å². The summed E-state index contributed by atoms with van der Waals surface area (Å²) >= 11 is 0. The van der Waals surface area contributed by atoms with Crippen LogP contribution in [0.2, 0.25) is 0 Å². The maximum absolute atomic E-state index is 12.8. The number of nitrogens with zero attached hydrogens (tertiary/aromatic N) is 3. The predicted octanol–water partition coefficient (Wildman–Crippen LogP) is 2.48. The first-order chi connectivity index (χ1) is 12.7. The van der Waals surface area contributed by atoms with Gasteiger partial charge in [-0.15, -0.1) is 17.5 Å². The summed E-state index contributed by atoms with van der Waals surface area (Å²) < 4.78 is 7.85. The van der Waals surface area contributed by atoms with Crippen molar-refractivity contribution < 1.29 is 9.53 Å². The van der Waals surface area contributed by atoms with E-state index in [1.165, 1.54) is 19.3 Å². The number of halogens is 1. The molecular formula is C19H32ClN5O2. The second-order valence-corrected chi connectivity index (χ2v) is 8.06. The molecule has 2 atom stereocenters. The molecule has 152 valence electrons. The Bertz CT molecular complexity index is 625. The minimum absolute atomic E-state index is 0. The largest absolute Gasteiger partial charge is 0.378 e. The molecule has 7 nitrogen and oxygen atoms in total. The zero-order chi connectivity index (χ0) is 18.0. The zero-order valence-corrected chi connectivity index (χ0v) is 17.0. The molecule has 3 aliphatic rings. The van der Waals surface area contributed by atoms with Gasteiger partial charge in [0.1, 0.15) is 0 Å². The number of carbonyl (C=O) groups excluding carboxylic acids is 1. The highest BCUT2D eigenvalue weighted by atomic mass is 35.5. The van der Waals surface area contributed by atoms with E-state index in [1.54, 1.807) is 0 Å². The molecular weight excluding hydrogens is 366 g/mol. The fourth-order valence-electron chi connectivity index (χ4n) is 5.13. The Balaban J connectivity index is 0.00000210. The van der Waals surface area contributed by atoms with E-state index in [-0.39, 0.29) is 29.8 Å². The van der Waals surface area contributed by atoms with E-state index in [9.17, 15) is 4.79 Å². The van der Waals surface area contributed by atoms with E-state index in [0.29, 0.717) is 17.8 Å². The second-order valence-electron chi connectivity index (χ2n) is 8.06. The van der Waals surface area contributed by atoms with Crippen LogP contribution < -0.4 is 10.6 Å². The normalized spacial score (nSPS) is 27.6. The highest BCUT2D eigenvalue weighted by Gasteiger charge is 2.56. The smallest absolute Gasteiger partial charge is 0.273 e. The molecule has 27 heavy (non-hydrogen) atoms. The van der Waals surface area contributed by atoms with Gasteiger partial charge in [-0.3, -0.25) is 4.79 Å². The van der Waals surface area contributed by atoms with Gasteiger partial charge < -0.3 is 15.4 Å². The van der Waals surface area contributed by atoms with Crippen LogP contribution in [0.25, 0.3) is 0 Å². The molecule has 0 radical (unpaired) electrons. The number of piperidine rings is 1. The first-order valence-electron chi connectivity index (χ1n) is 10.3. The molecule has 2 heterocycles. The number of ether oxygens (including phenoxy) is 1. The molecule has 3 fully saturated rings. The molecule has 0 aromatic carbocycles. The molecule has 2 N–H and O–H groups in total. The van der Waals surface area contributed by atoms with Crippen LogP contribution in [-0.2, 0) is 4.74 Å². The molecule has 2 aliphatic carbocycles. The van der Waals surface area contributed by atoms with Crippen molar-refractivity contribution in [1.29, 1.82) is 0 Å². The number of nitrogens with one attached hydrogen (secondary N) is 2. The molecule has 1 aromatic heterocycles. The molecule has 2 unspecified atom stereocenters. The van der Waals surface area contributed by atoms with Crippen LogP contribution in [0.5, 0.6) is 0 Å². The second kappa shape index (κ2) is 8.88. The first-order valence-corrected chi connectivity index (χ1v) is 10.3. The Morgan fingerprint density at radius 1 is 1.33 bits per heavy atom.